The zero-order chi connectivity index (χ0) is 9.90. The molecule has 0 aliphatic carbocycles. The topological polar surface area (TPSA) is 33.6 Å². The van der Waals surface area contributed by atoms with Crippen molar-refractivity contribution in [2.24, 2.45) is 4.99 Å². The predicted octanol–water partition coefficient (Wildman–Crippen LogP) is 2.35. The Labute approximate surface area is 83.1 Å². The lowest BCUT2D eigenvalue weighted by Crippen LogP contribution is -2.32. The highest BCUT2D eigenvalue weighted by Crippen LogP contribution is 2.09. The molecule has 0 aromatic rings. The molecule has 0 spiro atoms. The third-order valence-corrected chi connectivity index (χ3v) is 1.37. The van der Waals surface area contributed by atoms with E-state index in [1.165, 1.54) is 0 Å². The number of rotatable bonds is 0. The summed E-state index contributed by atoms with van der Waals surface area (Å²) in [5.41, 5.74) is -0.277. The van der Waals surface area contributed by atoms with E-state index in [1.54, 1.807) is 18.4 Å². The van der Waals surface area contributed by atoms with Gasteiger partial charge in [-0.15, -0.1) is 0 Å². The van der Waals surface area contributed by atoms with E-state index in [-0.39, 0.29) is 5.60 Å². The number of allylic oxidation sites excluding steroid dienone is 2. The monoisotopic (exact) mass is 200 g/mol. The van der Waals surface area contributed by atoms with Crippen LogP contribution >= 0.6 is 11.6 Å². The van der Waals surface area contributed by atoms with Crippen LogP contribution < -0.4 is 5.32 Å². The summed E-state index contributed by atoms with van der Waals surface area (Å²) in [4.78, 5) is 4.03. The largest absolute Gasteiger partial charge is 0.459 e. The van der Waals surface area contributed by atoms with E-state index in [0.29, 0.717) is 11.2 Å². The summed E-state index contributed by atoms with van der Waals surface area (Å²) in [7, 11) is 0. The Morgan fingerprint density at radius 3 is 2.77 bits per heavy atom. The van der Waals surface area contributed by atoms with Gasteiger partial charge in [0.25, 0.3) is 6.02 Å². The number of nitrogens with one attached hydrogen (secondary N) is 1. The standard InChI is InChI=1S/C9H13ClN2O/c1-9(2,3)13-8-11-6-4-5-7(10)12-8/h4-6H,1-3H3,(H,11,12). The number of halogens is 1. The minimum atomic E-state index is -0.277. The van der Waals surface area contributed by atoms with Gasteiger partial charge in [-0.2, -0.15) is 0 Å². The Kier molecular flexibility index (Phi) is 2.98. The molecular formula is C9H13ClN2O. The van der Waals surface area contributed by atoms with Crippen molar-refractivity contribution in [3.63, 3.8) is 0 Å². The number of amidine groups is 1. The molecule has 0 radical (unpaired) electrons. The van der Waals surface area contributed by atoms with Crippen molar-refractivity contribution in [1.82, 2.24) is 5.32 Å². The third-order valence-electron chi connectivity index (χ3n) is 1.15. The molecule has 1 heterocycles. The van der Waals surface area contributed by atoms with Crippen LogP contribution in [0.15, 0.2) is 28.5 Å². The fraction of sp³-hybridized carbons (Fsp3) is 0.444. The second-order valence-electron chi connectivity index (χ2n) is 3.63. The first-order valence-electron chi connectivity index (χ1n) is 4.03. The maximum absolute atomic E-state index is 5.78. The summed E-state index contributed by atoms with van der Waals surface area (Å²) in [6.45, 7) is 5.84. The third kappa shape index (κ3) is 3.99. The van der Waals surface area contributed by atoms with Crippen molar-refractivity contribution in [3.05, 3.63) is 23.5 Å². The molecule has 0 atom stereocenters. The average Bonchev–Trinajstić information content (AvgIpc) is 2.10. The normalized spacial score (nSPS) is 16.9. The fourth-order valence-corrected chi connectivity index (χ4v) is 0.910. The Bertz CT molecular complexity index is 274. The highest BCUT2D eigenvalue weighted by molar-refractivity contribution is 6.30. The van der Waals surface area contributed by atoms with E-state index in [9.17, 15) is 0 Å². The Morgan fingerprint density at radius 2 is 2.15 bits per heavy atom. The molecule has 0 amide bonds. The number of aliphatic imine (C=N–C) groups is 1. The predicted molar refractivity (Wildman–Crippen MR) is 54.5 cm³/mol. The number of nitrogens with zero attached hydrogens (tertiary/aromatic N) is 1. The molecule has 0 aromatic carbocycles. The molecule has 1 N–H and O–H groups in total. The first-order chi connectivity index (χ1) is 5.97. The molecule has 0 unspecified atom stereocenters. The minimum Gasteiger partial charge on any atom is -0.459 e. The lowest BCUT2D eigenvalue weighted by Gasteiger charge is -2.21. The van der Waals surface area contributed by atoms with Gasteiger partial charge >= 0.3 is 0 Å². The molecule has 0 saturated heterocycles. The molecule has 0 saturated carbocycles. The van der Waals surface area contributed by atoms with Gasteiger partial charge in [0.1, 0.15) is 10.8 Å². The molecule has 1 aliphatic rings. The van der Waals surface area contributed by atoms with E-state index in [1.807, 2.05) is 20.8 Å². The van der Waals surface area contributed by atoms with Gasteiger partial charge in [-0.25, -0.2) is 4.99 Å². The Hall–Kier alpha value is -0.960. The van der Waals surface area contributed by atoms with Crippen LogP contribution in [0.1, 0.15) is 20.8 Å². The van der Waals surface area contributed by atoms with Gasteiger partial charge in [-0.3, -0.25) is 5.32 Å². The molecule has 0 bridgehead atoms. The quantitative estimate of drug-likeness (QED) is 0.609. The van der Waals surface area contributed by atoms with Crippen LogP contribution in [0.2, 0.25) is 0 Å². The number of hydrogen-bond donors (Lipinski definition) is 1. The summed E-state index contributed by atoms with van der Waals surface area (Å²) < 4.78 is 5.49. The van der Waals surface area contributed by atoms with Crippen LogP contribution in [0.5, 0.6) is 0 Å². The van der Waals surface area contributed by atoms with Gasteiger partial charge < -0.3 is 4.74 Å². The van der Waals surface area contributed by atoms with Crippen LogP contribution in [0.3, 0.4) is 0 Å². The highest BCUT2D eigenvalue weighted by atomic mass is 35.5. The van der Waals surface area contributed by atoms with Crippen LogP contribution in [0.4, 0.5) is 0 Å². The van der Waals surface area contributed by atoms with Crippen molar-refractivity contribution in [2.45, 2.75) is 26.4 Å². The summed E-state index contributed by atoms with van der Waals surface area (Å²) in [6, 6.07) is 0.419. The van der Waals surface area contributed by atoms with Crippen LogP contribution in [-0.4, -0.2) is 11.6 Å². The SMILES string of the molecule is CC(C)(C)OC1=NC=CC=C(Cl)N1. The molecule has 0 aromatic heterocycles. The second-order valence-corrected chi connectivity index (χ2v) is 4.04. The maximum atomic E-state index is 5.78. The van der Waals surface area contributed by atoms with Crippen molar-refractivity contribution in [1.29, 1.82) is 0 Å². The smallest absolute Gasteiger partial charge is 0.295 e. The molecule has 1 rings (SSSR count). The second kappa shape index (κ2) is 3.83. The molecule has 72 valence electrons. The Balaban J connectivity index is 2.67. The van der Waals surface area contributed by atoms with Gasteiger partial charge in [0.15, 0.2) is 0 Å². The van der Waals surface area contributed by atoms with Gasteiger partial charge in [-0.1, -0.05) is 11.6 Å². The van der Waals surface area contributed by atoms with E-state index in [0.717, 1.165) is 0 Å². The number of hydrogen-bond acceptors (Lipinski definition) is 3. The van der Waals surface area contributed by atoms with E-state index >= 15 is 0 Å². The van der Waals surface area contributed by atoms with Gasteiger partial charge in [0.2, 0.25) is 0 Å². The van der Waals surface area contributed by atoms with E-state index < -0.39 is 0 Å². The first kappa shape index (κ1) is 10.1. The summed E-state index contributed by atoms with van der Waals surface area (Å²) >= 11 is 5.78. The zero-order valence-electron chi connectivity index (χ0n) is 7.97. The van der Waals surface area contributed by atoms with Crippen molar-refractivity contribution >= 4 is 17.6 Å². The van der Waals surface area contributed by atoms with Crippen molar-refractivity contribution in [2.75, 3.05) is 0 Å². The van der Waals surface area contributed by atoms with Gasteiger partial charge in [0, 0.05) is 6.20 Å². The van der Waals surface area contributed by atoms with Crippen molar-refractivity contribution in [3.8, 4) is 0 Å². The van der Waals surface area contributed by atoms with Crippen molar-refractivity contribution < 1.29 is 4.74 Å². The summed E-state index contributed by atoms with van der Waals surface area (Å²) in [5, 5.41) is 3.32. The summed E-state index contributed by atoms with van der Waals surface area (Å²) in [6.07, 6.45) is 5.09. The average molecular weight is 201 g/mol. The highest BCUT2D eigenvalue weighted by Gasteiger charge is 2.15. The molecule has 3 nitrogen and oxygen atoms in total. The lowest BCUT2D eigenvalue weighted by atomic mass is 10.2. The van der Waals surface area contributed by atoms with Crippen LogP contribution in [0.25, 0.3) is 0 Å². The molecule has 1 aliphatic heterocycles. The maximum Gasteiger partial charge on any atom is 0.295 e. The minimum absolute atomic E-state index is 0.277. The van der Waals surface area contributed by atoms with E-state index in [4.69, 9.17) is 16.3 Å². The van der Waals surface area contributed by atoms with Gasteiger partial charge in [-0.05, 0) is 32.9 Å². The first-order valence-corrected chi connectivity index (χ1v) is 4.41. The van der Waals surface area contributed by atoms with Crippen LogP contribution in [0, 0.1) is 0 Å². The van der Waals surface area contributed by atoms with E-state index in [2.05, 4.69) is 10.3 Å². The Morgan fingerprint density at radius 1 is 1.46 bits per heavy atom. The molecule has 0 fully saturated rings. The van der Waals surface area contributed by atoms with Crippen LogP contribution in [-0.2, 0) is 4.74 Å². The molecule has 13 heavy (non-hydrogen) atoms. The number of ether oxygens (including phenoxy) is 1. The lowest BCUT2D eigenvalue weighted by molar-refractivity contribution is 0.111. The molecule has 4 heteroatoms. The summed E-state index contributed by atoms with van der Waals surface area (Å²) in [5.74, 6) is 0. The zero-order valence-corrected chi connectivity index (χ0v) is 8.72. The fourth-order valence-electron chi connectivity index (χ4n) is 0.756. The van der Waals surface area contributed by atoms with Gasteiger partial charge in [0.05, 0.1) is 0 Å². The molecular weight excluding hydrogens is 188 g/mol.